The number of rotatable bonds is 5. The second-order valence-corrected chi connectivity index (χ2v) is 8.46. The molecule has 0 aliphatic carbocycles. The van der Waals surface area contributed by atoms with Crippen LogP contribution in [0.2, 0.25) is 0 Å². The van der Waals surface area contributed by atoms with Crippen LogP contribution in [-0.2, 0) is 36.7 Å². The Hall–Kier alpha value is -2.01. The molecule has 2 atom stereocenters. The molecule has 2 saturated heterocycles. The minimum atomic E-state index is -0.356. The summed E-state index contributed by atoms with van der Waals surface area (Å²) in [4.78, 5) is 34.9. The number of morpholine rings is 2. The minimum Gasteiger partial charge on any atom is -0.379 e. The van der Waals surface area contributed by atoms with E-state index >= 15 is 0 Å². The van der Waals surface area contributed by atoms with Crippen LogP contribution in [0.5, 0.6) is 0 Å². The van der Waals surface area contributed by atoms with Crippen LogP contribution in [-0.4, -0.2) is 86.6 Å². The van der Waals surface area contributed by atoms with Gasteiger partial charge in [-0.3, -0.25) is 23.7 Å². The van der Waals surface area contributed by atoms with Gasteiger partial charge in [-0.2, -0.15) is 0 Å². The van der Waals surface area contributed by atoms with E-state index in [1.54, 1.807) is 7.05 Å². The zero-order chi connectivity index (χ0) is 21.4. The first-order valence-electron chi connectivity index (χ1n) is 10.7. The maximum Gasteiger partial charge on any atom is 0.332 e. The molecule has 0 unspecified atom stereocenters. The van der Waals surface area contributed by atoms with Crippen molar-refractivity contribution in [1.29, 1.82) is 0 Å². The normalized spacial score (nSPS) is 24.0. The minimum absolute atomic E-state index is 0.150. The van der Waals surface area contributed by atoms with Crippen molar-refractivity contribution in [3.8, 4) is 0 Å². The molecule has 2 aliphatic rings. The molecule has 30 heavy (non-hydrogen) atoms. The van der Waals surface area contributed by atoms with E-state index in [1.165, 1.54) is 11.6 Å². The summed E-state index contributed by atoms with van der Waals surface area (Å²) in [5.74, 6) is 0.817. The van der Waals surface area contributed by atoms with Crippen molar-refractivity contribution >= 4 is 11.2 Å². The maximum atomic E-state index is 13.0. The molecular weight excluding hydrogens is 388 g/mol. The fraction of sp³-hybridized carbons (Fsp3) is 0.750. The van der Waals surface area contributed by atoms with Crippen LogP contribution in [0, 0.1) is 0 Å². The van der Waals surface area contributed by atoms with Crippen LogP contribution in [0.1, 0.15) is 19.7 Å². The highest BCUT2D eigenvalue weighted by molar-refractivity contribution is 5.71. The number of hydrogen-bond acceptors (Lipinski definition) is 7. The van der Waals surface area contributed by atoms with E-state index in [0.29, 0.717) is 24.3 Å². The average Bonchev–Trinajstić information content (AvgIpc) is 3.07. The molecule has 10 heteroatoms. The largest absolute Gasteiger partial charge is 0.379 e. The molecule has 0 amide bonds. The first-order valence-corrected chi connectivity index (χ1v) is 10.7. The molecular formula is C20H32N6O4. The Morgan fingerprint density at radius 1 is 0.967 bits per heavy atom. The molecule has 4 rings (SSSR count). The summed E-state index contributed by atoms with van der Waals surface area (Å²) < 4.78 is 15.9. The highest BCUT2D eigenvalue weighted by Crippen LogP contribution is 2.17. The molecule has 0 aromatic carbocycles. The lowest BCUT2D eigenvalue weighted by molar-refractivity contribution is -0.0712. The lowest BCUT2D eigenvalue weighted by Crippen LogP contribution is -2.45. The van der Waals surface area contributed by atoms with Crippen LogP contribution in [0.25, 0.3) is 11.2 Å². The van der Waals surface area contributed by atoms with E-state index in [-0.39, 0.29) is 23.5 Å². The summed E-state index contributed by atoms with van der Waals surface area (Å²) >= 11 is 0. The number of aromatic nitrogens is 4. The Balaban J connectivity index is 1.71. The van der Waals surface area contributed by atoms with Gasteiger partial charge in [-0.15, -0.1) is 0 Å². The van der Waals surface area contributed by atoms with E-state index < -0.39 is 0 Å². The van der Waals surface area contributed by atoms with Crippen molar-refractivity contribution in [2.24, 2.45) is 14.1 Å². The number of ether oxygens (including phenoxy) is 2. The summed E-state index contributed by atoms with van der Waals surface area (Å²) in [6.07, 6.45) is 0.300. The van der Waals surface area contributed by atoms with Crippen LogP contribution in [0.4, 0.5) is 0 Å². The fourth-order valence-corrected chi connectivity index (χ4v) is 4.53. The Kier molecular flexibility index (Phi) is 6.10. The van der Waals surface area contributed by atoms with Gasteiger partial charge in [0, 0.05) is 53.4 Å². The van der Waals surface area contributed by atoms with E-state index in [0.717, 1.165) is 56.3 Å². The van der Waals surface area contributed by atoms with Gasteiger partial charge in [-0.1, -0.05) is 0 Å². The third-order valence-electron chi connectivity index (χ3n) is 6.03. The van der Waals surface area contributed by atoms with Crippen molar-refractivity contribution < 1.29 is 9.47 Å². The van der Waals surface area contributed by atoms with Gasteiger partial charge < -0.3 is 14.0 Å². The molecule has 10 nitrogen and oxygen atoms in total. The summed E-state index contributed by atoms with van der Waals surface area (Å²) in [5, 5.41) is 0. The van der Waals surface area contributed by atoms with Gasteiger partial charge in [-0.05, 0) is 13.8 Å². The zero-order valence-corrected chi connectivity index (χ0v) is 18.3. The van der Waals surface area contributed by atoms with Gasteiger partial charge in [0.2, 0.25) is 0 Å². The van der Waals surface area contributed by atoms with Crippen LogP contribution >= 0.6 is 0 Å². The molecule has 0 bridgehead atoms. The van der Waals surface area contributed by atoms with Gasteiger partial charge in [0.25, 0.3) is 5.56 Å². The van der Waals surface area contributed by atoms with Crippen molar-refractivity contribution in [2.45, 2.75) is 39.1 Å². The topological polar surface area (TPSA) is 86.8 Å². The Morgan fingerprint density at radius 2 is 1.63 bits per heavy atom. The quantitative estimate of drug-likeness (QED) is 0.637. The standard InChI is InChI=1S/C20H32N6O4/c1-14-11-25(12-15(2)30-14)13-16-21-18-17(19(27)23(4)20(28)22(18)3)26(16)6-5-24-7-9-29-10-8-24/h14-15H,5-13H2,1-4H3/t14-,15+. The number of nitrogens with zero attached hydrogens (tertiary/aromatic N) is 6. The summed E-state index contributed by atoms with van der Waals surface area (Å²) in [5.41, 5.74) is 0.301. The number of hydrogen-bond donors (Lipinski definition) is 0. The summed E-state index contributed by atoms with van der Waals surface area (Å²) in [6.45, 7) is 11.1. The van der Waals surface area contributed by atoms with E-state index in [2.05, 4.69) is 23.6 Å². The summed E-state index contributed by atoms with van der Waals surface area (Å²) in [7, 11) is 3.19. The smallest absolute Gasteiger partial charge is 0.332 e. The predicted molar refractivity (Wildman–Crippen MR) is 113 cm³/mol. The Bertz CT molecular complexity index is 1010. The van der Waals surface area contributed by atoms with Crippen LogP contribution in [0.3, 0.4) is 0 Å². The Morgan fingerprint density at radius 3 is 2.30 bits per heavy atom. The monoisotopic (exact) mass is 420 g/mol. The number of imidazole rings is 1. The fourth-order valence-electron chi connectivity index (χ4n) is 4.53. The number of aryl methyl sites for hydroxylation is 1. The third-order valence-corrected chi connectivity index (χ3v) is 6.03. The van der Waals surface area contributed by atoms with Crippen molar-refractivity contribution in [1.82, 2.24) is 28.5 Å². The van der Waals surface area contributed by atoms with Gasteiger partial charge in [0.05, 0.1) is 32.0 Å². The van der Waals surface area contributed by atoms with Gasteiger partial charge in [-0.25, -0.2) is 9.78 Å². The highest BCUT2D eigenvalue weighted by atomic mass is 16.5. The van der Waals surface area contributed by atoms with E-state index in [4.69, 9.17) is 14.5 Å². The van der Waals surface area contributed by atoms with Crippen molar-refractivity contribution in [2.75, 3.05) is 45.9 Å². The molecule has 2 aromatic heterocycles. The molecule has 2 fully saturated rings. The van der Waals surface area contributed by atoms with Gasteiger partial charge in [0.15, 0.2) is 11.2 Å². The van der Waals surface area contributed by atoms with Crippen molar-refractivity contribution in [3.63, 3.8) is 0 Å². The molecule has 2 aromatic rings. The lowest BCUT2D eigenvalue weighted by Gasteiger charge is -2.35. The molecule has 0 saturated carbocycles. The van der Waals surface area contributed by atoms with Crippen LogP contribution < -0.4 is 11.2 Å². The zero-order valence-electron chi connectivity index (χ0n) is 18.3. The first-order chi connectivity index (χ1) is 14.3. The Labute approximate surface area is 175 Å². The molecule has 0 spiro atoms. The van der Waals surface area contributed by atoms with E-state index in [9.17, 15) is 9.59 Å². The first kappa shape index (κ1) is 21.2. The molecule has 2 aliphatic heterocycles. The van der Waals surface area contributed by atoms with Crippen LogP contribution in [0.15, 0.2) is 9.59 Å². The second-order valence-electron chi connectivity index (χ2n) is 8.46. The molecule has 166 valence electrons. The van der Waals surface area contributed by atoms with Gasteiger partial charge in [0.1, 0.15) is 5.82 Å². The molecule has 4 heterocycles. The van der Waals surface area contributed by atoms with Crippen molar-refractivity contribution in [3.05, 3.63) is 26.7 Å². The highest BCUT2D eigenvalue weighted by Gasteiger charge is 2.26. The maximum absolute atomic E-state index is 13.0. The predicted octanol–water partition coefficient (Wildman–Crippen LogP) is -0.625. The average molecular weight is 421 g/mol. The second kappa shape index (κ2) is 8.62. The molecule has 0 radical (unpaired) electrons. The van der Waals surface area contributed by atoms with E-state index in [1.807, 2.05) is 4.57 Å². The number of fused-ring (bicyclic) bond motifs is 1. The summed E-state index contributed by atoms with van der Waals surface area (Å²) in [6, 6.07) is 0. The SMILES string of the molecule is C[C@@H]1CN(Cc2nc3c(c(=O)n(C)c(=O)n3C)n2CCN2CCOCC2)C[C@H](C)O1. The third kappa shape index (κ3) is 4.09. The lowest BCUT2D eigenvalue weighted by atomic mass is 10.2. The van der Waals surface area contributed by atoms with Gasteiger partial charge >= 0.3 is 5.69 Å². The molecule has 0 N–H and O–H groups in total.